The zero-order valence-electron chi connectivity index (χ0n) is 27.7. The Kier molecular flexibility index (Phi) is 11.0. The van der Waals surface area contributed by atoms with E-state index in [1.54, 1.807) is 20.8 Å². The summed E-state index contributed by atoms with van der Waals surface area (Å²) in [6, 6.07) is 6.29. The Morgan fingerprint density at radius 2 is 1.76 bits per heavy atom. The fraction of sp³-hybridized carbons (Fsp3) is 0.618. The number of benzene rings is 1. The van der Waals surface area contributed by atoms with Gasteiger partial charge in [0.05, 0.1) is 13.7 Å². The minimum absolute atomic E-state index is 0.0339. The number of carbonyl (C=O) groups is 5. The van der Waals surface area contributed by atoms with E-state index in [1.807, 2.05) is 42.5 Å². The number of rotatable bonds is 4. The second kappa shape index (κ2) is 14.6. The predicted octanol–water partition coefficient (Wildman–Crippen LogP) is 3.79. The van der Waals surface area contributed by atoms with E-state index in [0.717, 1.165) is 12.0 Å². The number of amides is 4. The van der Waals surface area contributed by atoms with E-state index in [2.05, 4.69) is 24.5 Å². The molecule has 46 heavy (non-hydrogen) atoms. The van der Waals surface area contributed by atoms with E-state index >= 15 is 0 Å². The third-order valence-electron chi connectivity index (χ3n) is 9.02. The van der Waals surface area contributed by atoms with E-state index in [0.29, 0.717) is 25.8 Å². The van der Waals surface area contributed by atoms with Gasteiger partial charge in [-0.05, 0) is 62.8 Å². The molecule has 2 heterocycles. The van der Waals surface area contributed by atoms with E-state index in [-0.39, 0.29) is 36.9 Å². The first-order chi connectivity index (χ1) is 21.7. The highest BCUT2D eigenvalue weighted by Gasteiger charge is 2.69. The number of ether oxygens (including phenoxy) is 3. The molecule has 1 saturated heterocycles. The van der Waals surface area contributed by atoms with Crippen molar-refractivity contribution < 1.29 is 38.2 Å². The molecule has 1 saturated carbocycles. The van der Waals surface area contributed by atoms with Crippen LogP contribution >= 0.6 is 0 Å². The number of carbonyl (C=O) groups excluding carboxylic acids is 5. The zero-order valence-corrected chi connectivity index (χ0v) is 27.7. The standard InChI is InChI=1S/C34H48N4O8/c1-33(2,3)46-31(42)36-25-20-37(32(43)45-21-22-15-11-10-12-16-22)18-14-9-7-8-13-17-24(30(41)44-6)35-28(39)27-26-23(34(26,4)5)19-38(27)29(25)40/h9-12,14-16,23-27H,7-8,13,17-21H2,1-6H3,(H,35,39)(H,36,42)/b14-9+/t23-,24-,25-,26-,27-/m0/s1. The van der Waals surface area contributed by atoms with Crippen molar-refractivity contribution in [2.45, 2.75) is 90.6 Å². The molecule has 2 fully saturated rings. The third-order valence-corrected chi connectivity index (χ3v) is 9.02. The van der Waals surface area contributed by atoms with Gasteiger partial charge in [0.15, 0.2) is 0 Å². The maximum atomic E-state index is 14.3. The van der Waals surface area contributed by atoms with Crippen molar-refractivity contribution in [1.29, 1.82) is 0 Å². The number of allylic oxidation sites excluding steroid dienone is 1. The first kappa shape index (κ1) is 34.8. The van der Waals surface area contributed by atoms with Crippen molar-refractivity contribution in [3.63, 3.8) is 0 Å². The molecule has 1 aromatic rings. The molecular formula is C34H48N4O8. The molecule has 252 valence electrons. The van der Waals surface area contributed by atoms with Gasteiger partial charge in [0, 0.05) is 13.1 Å². The van der Waals surface area contributed by atoms with Crippen molar-refractivity contribution in [2.24, 2.45) is 17.3 Å². The molecule has 5 atom stereocenters. The summed E-state index contributed by atoms with van der Waals surface area (Å²) in [6.45, 7) is 9.47. The van der Waals surface area contributed by atoms with Gasteiger partial charge in [-0.2, -0.15) is 0 Å². The summed E-state index contributed by atoms with van der Waals surface area (Å²) >= 11 is 0. The molecule has 0 aromatic heterocycles. The summed E-state index contributed by atoms with van der Waals surface area (Å²) in [7, 11) is 1.28. The van der Waals surface area contributed by atoms with Crippen LogP contribution < -0.4 is 10.6 Å². The lowest BCUT2D eigenvalue weighted by atomic mass is 9.99. The first-order valence-electron chi connectivity index (χ1n) is 16.0. The molecule has 0 unspecified atom stereocenters. The second-order valence-electron chi connectivity index (χ2n) is 13.9. The zero-order chi connectivity index (χ0) is 33.6. The molecule has 4 rings (SSSR count). The van der Waals surface area contributed by atoms with Gasteiger partial charge in [-0.15, -0.1) is 0 Å². The lowest BCUT2D eigenvalue weighted by molar-refractivity contribution is -0.147. The average molecular weight is 641 g/mol. The number of piperidine rings is 1. The topological polar surface area (TPSA) is 144 Å². The molecule has 0 spiro atoms. The van der Waals surface area contributed by atoms with Crippen LogP contribution in [0.4, 0.5) is 9.59 Å². The minimum atomic E-state index is -1.24. The Labute approximate surface area is 271 Å². The summed E-state index contributed by atoms with van der Waals surface area (Å²) in [5, 5.41) is 5.53. The quantitative estimate of drug-likeness (QED) is 0.288. The lowest BCUT2D eigenvalue weighted by Crippen LogP contribution is -2.60. The van der Waals surface area contributed by atoms with Gasteiger partial charge < -0.3 is 34.6 Å². The molecular weight excluding hydrogens is 592 g/mol. The number of esters is 1. The fourth-order valence-electron chi connectivity index (χ4n) is 6.48. The van der Waals surface area contributed by atoms with Gasteiger partial charge in [0.25, 0.3) is 0 Å². The van der Waals surface area contributed by atoms with Crippen molar-refractivity contribution in [3.8, 4) is 0 Å². The molecule has 3 aliphatic rings. The van der Waals surface area contributed by atoms with E-state index in [1.165, 1.54) is 16.9 Å². The molecule has 4 amide bonds. The Bertz CT molecular complexity index is 1310. The predicted molar refractivity (Wildman–Crippen MR) is 169 cm³/mol. The molecule has 2 aliphatic heterocycles. The third kappa shape index (κ3) is 8.58. The number of alkyl carbamates (subject to hydrolysis) is 1. The summed E-state index contributed by atoms with van der Waals surface area (Å²) < 4.78 is 16.1. The van der Waals surface area contributed by atoms with Crippen LogP contribution in [0, 0.1) is 17.3 Å². The maximum Gasteiger partial charge on any atom is 0.410 e. The van der Waals surface area contributed by atoms with Crippen LogP contribution in [-0.4, -0.2) is 90.2 Å². The molecule has 0 bridgehead atoms. The van der Waals surface area contributed by atoms with Crippen molar-refractivity contribution in [3.05, 3.63) is 48.0 Å². The Morgan fingerprint density at radius 3 is 2.43 bits per heavy atom. The Morgan fingerprint density at radius 1 is 1.04 bits per heavy atom. The highest BCUT2D eigenvalue weighted by atomic mass is 16.6. The van der Waals surface area contributed by atoms with Crippen molar-refractivity contribution >= 4 is 30.0 Å². The van der Waals surface area contributed by atoms with Crippen LogP contribution in [0.15, 0.2) is 42.5 Å². The number of nitrogens with zero attached hydrogens (tertiary/aromatic N) is 2. The number of fused-ring (bicyclic) bond motifs is 3. The van der Waals surface area contributed by atoms with Crippen LogP contribution in [0.3, 0.4) is 0 Å². The van der Waals surface area contributed by atoms with Gasteiger partial charge in [-0.25, -0.2) is 14.4 Å². The number of nitrogens with one attached hydrogen (secondary N) is 2. The van der Waals surface area contributed by atoms with E-state index in [9.17, 15) is 24.0 Å². The number of methoxy groups -OCH3 is 1. The first-order valence-corrected chi connectivity index (χ1v) is 16.0. The van der Waals surface area contributed by atoms with Crippen molar-refractivity contribution in [1.82, 2.24) is 20.4 Å². The summed E-state index contributed by atoms with van der Waals surface area (Å²) in [6.07, 6.45) is 4.70. The average Bonchev–Trinajstić information content (AvgIpc) is 3.31. The molecule has 12 heteroatoms. The highest BCUT2D eigenvalue weighted by Crippen LogP contribution is 2.64. The van der Waals surface area contributed by atoms with Gasteiger partial charge in [-0.3, -0.25) is 9.59 Å². The van der Waals surface area contributed by atoms with Crippen molar-refractivity contribution in [2.75, 3.05) is 26.7 Å². The van der Waals surface area contributed by atoms with Crippen LogP contribution in [0.1, 0.15) is 65.9 Å². The molecule has 1 aromatic carbocycles. The van der Waals surface area contributed by atoms with Gasteiger partial charge in [-0.1, -0.05) is 62.8 Å². The van der Waals surface area contributed by atoms with Crippen LogP contribution in [0.5, 0.6) is 0 Å². The lowest BCUT2D eigenvalue weighted by Gasteiger charge is -2.35. The Hall–Kier alpha value is -4.09. The Balaban J connectivity index is 1.66. The molecule has 0 radical (unpaired) electrons. The van der Waals surface area contributed by atoms with E-state index < -0.39 is 53.7 Å². The number of hydrogen-bond acceptors (Lipinski definition) is 8. The molecule has 1 aliphatic carbocycles. The van der Waals surface area contributed by atoms with Crippen LogP contribution in [-0.2, 0) is 35.2 Å². The summed E-state index contributed by atoms with van der Waals surface area (Å²) in [4.78, 5) is 70.1. The van der Waals surface area contributed by atoms with Crippen LogP contribution in [0.2, 0.25) is 0 Å². The second-order valence-corrected chi connectivity index (χ2v) is 13.9. The van der Waals surface area contributed by atoms with Gasteiger partial charge in [0.1, 0.15) is 30.3 Å². The molecule has 2 N–H and O–H groups in total. The fourth-order valence-corrected chi connectivity index (χ4v) is 6.48. The SMILES string of the molecule is COC(=O)[C@@H]1CCCC/C=C/CN(C(=O)OCc2ccccc2)C[C@H](NC(=O)OC(C)(C)C)C(=O)N2C[C@H]3[C@@H]([C@H]2C(=O)N1)C3(C)C. The summed E-state index contributed by atoms with van der Waals surface area (Å²) in [5.74, 6) is -1.58. The monoisotopic (exact) mass is 640 g/mol. The highest BCUT2D eigenvalue weighted by molar-refractivity contribution is 5.95. The minimum Gasteiger partial charge on any atom is -0.467 e. The maximum absolute atomic E-state index is 14.3. The van der Waals surface area contributed by atoms with E-state index in [4.69, 9.17) is 14.2 Å². The molecule has 12 nitrogen and oxygen atoms in total. The van der Waals surface area contributed by atoms with Crippen LogP contribution in [0.25, 0.3) is 0 Å². The summed E-state index contributed by atoms with van der Waals surface area (Å²) in [5.41, 5.74) is -0.224. The smallest absolute Gasteiger partial charge is 0.410 e. The number of hydrogen-bond donors (Lipinski definition) is 2. The van der Waals surface area contributed by atoms with Gasteiger partial charge >= 0.3 is 18.2 Å². The van der Waals surface area contributed by atoms with Gasteiger partial charge in [0.2, 0.25) is 11.8 Å². The normalized spacial score (nSPS) is 27.4. The largest absolute Gasteiger partial charge is 0.467 e.